The fourth-order valence-electron chi connectivity index (χ4n) is 4.10. The predicted molar refractivity (Wildman–Crippen MR) is 113 cm³/mol. The Morgan fingerprint density at radius 2 is 2.03 bits per heavy atom. The lowest BCUT2D eigenvalue weighted by Gasteiger charge is -2.26. The summed E-state index contributed by atoms with van der Waals surface area (Å²) in [6, 6.07) is 5.69. The van der Waals surface area contributed by atoms with Crippen molar-refractivity contribution in [3.05, 3.63) is 45.9 Å². The normalized spacial score (nSPS) is 19.4. The summed E-state index contributed by atoms with van der Waals surface area (Å²) in [6.45, 7) is 1.81. The van der Waals surface area contributed by atoms with Gasteiger partial charge in [-0.25, -0.2) is 4.98 Å². The zero-order valence-corrected chi connectivity index (χ0v) is 17.8. The molecule has 0 saturated heterocycles. The molecule has 1 saturated carbocycles. The molecule has 2 aliphatic rings. The number of rotatable bonds is 6. The molecular weight excluding hydrogens is 408 g/mol. The molecular formula is C20H23ClN6OS. The molecule has 1 atom stereocenters. The first-order chi connectivity index (χ1) is 14.0. The molecule has 152 valence electrons. The van der Waals surface area contributed by atoms with E-state index in [1.54, 1.807) is 6.20 Å². The number of aromatic nitrogens is 1. The molecule has 0 bridgehead atoms. The second kappa shape index (κ2) is 8.67. The van der Waals surface area contributed by atoms with Crippen LogP contribution < -0.4 is 5.32 Å². The van der Waals surface area contributed by atoms with Crippen LogP contribution in [0.2, 0.25) is 5.02 Å². The van der Waals surface area contributed by atoms with Crippen molar-refractivity contribution in [1.29, 1.82) is 0 Å². The van der Waals surface area contributed by atoms with Crippen molar-refractivity contribution in [2.75, 3.05) is 5.32 Å². The van der Waals surface area contributed by atoms with Crippen molar-refractivity contribution >= 4 is 34.0 Å². The molecule has 1 N–H and O–H groups in total. The summed E-state index contributed by atoms with van der Waals surface area (Å²) < 4.78 is 0. The number of benzene rings is 1. The molecule has 1 aromatic carbocycles. The quantitative estimate of drug-likeness (QED) is 0.566. The van der Waals surface area contributed by atoms with E-state index in [1.807, 2.05) is 30.5 Å². The third-order valence-corrected chi connectivity index (χ3v) is 6.70. The van der Waals surface area contributed by atoms with Gasteiger partial charge >= 0.3 is 0 Å². The molecule has 4 rings (SSSR count). The average Bonchev–Trinajstić information content (AvgIpc) is 3.39. The van der Waals surface area contributed by atoms with Crippen LogP contribution in [0.3, 0.4) is 0 Å². The van der Waals surface area contributed by atoms with Crippen LogP contribution in [0, 0.1) is 5.92 Å². The van der Waals surface area contributed by atoms with Crippen LogP contribution in [0.1, 0.15) is 62.5 Å². The van der Waals surface area contributed by atoms with Crippen LogP contribution in [0.4, 0.5) is 5.13 Å². The molecule has 29 heavy (non-hydrogen) atoms. The van der Waals surface area contributed by atoms with E-state index in [-0.39, 0.29) is 11.8 Å². The fourth-order valence-corrected chi connectivity index (χ4v) is 5.00. The Kier molecular flexibility index (Phi) is 6.01. The van der Waals surface area contributed by atoms with E-state index in [2.05, 4.69) is 31.0 Å². The number of amides is 1. The summed E-state index contributed by atoms with van der Waals surface area (Å²) in [7, 11) is 0. The Balaban J connectivity index is 1.60. The van der Waals surface area contributed by atoms with Crippen molar-refractivity contribution in [3.8, 4) is 0 Å². The lowest BCUT2D eigenvalue weighted by atomic mass is 9.80. The number of carbonyl (C=O) groups excluding carboxylic acids is 1. The molecule has 9 heteroatoms. The Morgan fingerprint density at radius 1 is 1.28 bits per heavy atom. The maximum absolute atomic E-state index is 13.1. The zero-order valence-electron chi connectivity index (χ0n) is 16.2. The third kappa shape index (κ3) is 4.53. The highest BCUT2D eigenvalue weighted by molar-refractivity contribution is 7.13. The monoisotopic (exact) mass is 430 g/mol. The minimum Gasteiger partial charge on any atom is -0.301 e. The smallest absolute Gasteiger partial charge is 0.233 e. The molecule has 1 unspecified atom stereocenters. The van der Waals surface area contributed by atoms with Crippen molar-refractivity contribution in [3.63, 3.8) is 0 Å². The van der Waals surface area contributed by atoms with Crippen LogP contribution in [0.25, 0.3) is 0 Å². The molecule has 0 radical (unpaired) electrons. The minimum absolute atomic E-state index is 0.0409. The topological polar surface area (TPSA) is 91.4 Å². The van der Waals surface area contributed by atoms with Crippen LogP contribution >= 0.6 is 22.9 Å². The van der Waals surface area contributed by atoms with Gasteiger partial charge in [-0.1, -0.05) is 55.8 Å². The standard InChI is InChI=1S/C20H23ClN6OS/c1-20(24-26-27-25-20)16-8-7-14(12-17(16)21)15(11-13-5-3-2-4-6-13)18(28)23-19-22-9-10-29-19/h7-10,12-13,15H,2-6,11H2,1H3,(H,22,23,28). The highest BCUT2D eigenvalue weighted by Gasteiger charge is 2.33. The molecule has 1 aliphatic carbocycles. The average molecular weight is 431 g/mol. The van der Waals surface area contributed by atoms with Gasteiger partial charge in [0.2, 0.25) is 11.6 Å². The highest BCUT2D eigenvalue weighted by atomic mass is 35.5. The molecule has 2 aromatic rings. The van der Waals surface area contributed by atoms with Gasteiger partial charge in [-0.3, -0.25) is 4.79 Å². The van der Waals surface area contributed by atoms with E-state index in [4.69, 9.17) is 11.6 Å². The summed E-state index contributed by atoms with van der Waals surface area (Å²) in [6.07, 6.45) is 8.60. The van der Waals surface area contributed by atoms with E-state index >= 15 is 0 Å². The van der Waals surface area contributed by atoms with Gasteiger partial charge in [-0.2, -0.15) is 0 Å². The van der Waals surface area contributed by atoms with E-state index in [0.717, 1.165) is 17.5 Å². The Morgan fingerprint density at radius 3 is 2.69 bits per heavy atom. The third-order valence-electron chi connectivity index (χ3n) is 5.70. The maximum Gasteiger partial charge on any atom is 0.233 e. The summed E-state index contributed by atoms with van der Waals surface area (Å²) in [5, 5.41) is 21.3. The van der Waals surface area contributed by atoms with Gasteiger partial charge in [0.25, 0.3) is 0 Å². The summed E-state index contributed by atoms with van der Waals surface area (Å²) in [5.74, 6) is 0.221. The number of carbonyl (C=O) groups is 1. The second-order valence-electron chi connectivity index (χ2n) is 7.76. The number of nitrogens with zero attached hydrogens (tertiary/aromatic N) is 5. The first-order valence-corrected chi connectivity index (χ1v) is 11.2. The number of thiazole rings is 1. The maximum atomic E-state index is 13.1. The minimum atomic E-state index is -0.905. The second-order valence-corrected chi connectivity index (χ2v) is 9.06. The number of hydrogen-bond donors (Lipinski definition) is 1. The van der Waals surface area contributed by atoms with Gasteiger partial charge in [0.15, 0.2) is 5.13 Å². The van der Waals surface area contributed by atoms with Crippen molar-refractivity contribution in [2.45, 2.75) is 57.0 Å². The van der Waals surface area contributed by atoms with Crippen LogP contribution in [-0.4, -0.2) is 10.9 Å². The summed E-state index contributed by atoms with van der Waals surface area (Å²) in [5.41, 5.74) is 0.718. The highest BCUT2D eigenvalue weighted by Crippen LogP contribution is 2.39. The SMILES string of the molecule is CC1(c2ccc(C(CC3CCCCC3)C(=O)Nc3nccs3)cc2Cl)N=NN=N1. The van der Waals surface area contributed by atoms with Gasteiger partial charge in [0, 0.05) is 22.2 Å². The molecule has 1 fully saturated rings. The van der Waals surface area contributed by atoms with Crippen LogP contribution in [-0.2, 0) is 10.5 Å². The van der Waals surface area contributed by atoms with Crippen LogP contribution in [0.15, 0.2) is 50.5 Å². The number of hydrogen-bond acceptors (Lipinski definition) is 7. The van der Waals surface area contributed by atoms with Gasteiger partial charge < -0.3 is 5.32 Å². The Bertz CT molecular complexity index is 911. The number of anilines is 1. The molecule has 1 amide bonds. The summed E-state index contributed by atoms with van der Waals surface area (Å²) in [4.78, 5) is 17.3. The van der Waals surface area contributed by atoms with E-state index in [9.17, 15) is 4.79 Å². The van der Waals surface area contributed by atoms with Crippen molar-refractivity contribution in [2.24, 2.45) is 26.6 Å². The molecule has 7 nitrogen and oxygen atoms in total. The fraction of sp³-hybridized carbons (Fsp3) is 0.500. The molecule has 1 aromatic heterocycles. The molecule has 0 spiro atoms. The van der Waals surface area contributed by atoms with Gasteiger partial charge in [0.1, 0.15) is 0 Å². The zero-order chi connectivity index (χ0) is 20.3. The molecule has 2 heterocycles. The van der Waals surface area contributed by atoms with E-state index < -0.39 is 5.66 Å². The predicted octanol–water partition coefficient (Wildman–Crippen LogP) is 6.49. The lowest BCUT2D eigenvalue weighted by molar-refractivity contribution is -0.118. The Hall–Kier alpha value is -2.19. The van der Waals surface area contributed by atoms with E-state index in [0.29, 0.717) is 16.1 Å². The van der Waals surface area contributed by atoms with Crippen molar-refractivity contribution in [1.82, 2.24) is 4.98 Å². The number of nitrogens with one attached hydrogen (secondary N) is 1. The largest absolute Gasteiger partial charge is 0.301 e. The van der Waals surface area contributed by atoms with Gasteiger partial charge in [0.05, 0.1) is 5.92 Å². The first kappa shape index (κ1) is 20.1. The van der Waals surface area contributed by atoms with Gasteiger partial charge in [-0.05, 0) is 41.3 Å². The Labute approximate surface area is 178 Å². The van der Waals surface area contributed by atoms with Gasteiger partial charge in [-0.15, -0.1) is 21.6 Å². The molecule has 1 aliphatic heterocycles. The number of halogens is 1. The van der Waals surface area contributed by atoms with Crippen LogP contribution in [0.5, 0.6) is 0 Å². The summed E-state index contributed by atoms with van der Waals surface area (Å²) >= 11 is 8.01. The van der Waals surface area contributed by atoms with Crippen molar-refractivity contribution < 1.29 is 4.79 Å². The van der Waals surface area contributed by atoms with E-state index in [1.165, 1.54) is 43.4 Å². The first-order valence-electron chi connectivity index (χ1n) is 9.89. The lowest BCUT2D eigenvalue weighted by Crippen LogP contribution is -2.24.